The highest BCUT2D eigenvalue weighted by atomic mass is 16.5. The van der Waals surface area contributed by atoms with Gasteiger partial charge in [-0.05, 0) is 25.1 Å². The van der Waals surface area contributed by atoms with Gasteiger partial charge in [0, 0.05) is 24.3 Å². The van der Waals surface area contributed by atoms with E-state index in [1.807, 2.05) is 30.3 Å². The first-order chi connectivity index (χ1) is 7.88. The minimum Gasteiger partial charge on any atom is -0.479 e. The van der Waals surface area contributed by atoms with Crippen LogP contribution in [-0.2, 0) is 0 Å². The summed E-state index contributed by atoms with van der Waals surface area (Å²) in [5.41, 5.74) is 1.05. The molecular weight excluding hydrogens is 202 g/mol. The van der Waals surface area contributed by atoms with Crippen LogP contribution in [-0.4, -0.2) is 25.7 Å². The van der Waals surface area contributed by atoms with E-state index in [2.05, 4.69) is 10.6 Å². The summed E-state index contributed by atoms with van der Waals surface area (Å²) >= 11 is 0. The average Bonchev–Trinajstić information content (AvgIpc) is 2.80. The van der Waals surface area contributed by atoms with E-state index in [1.54, 1.807) is 0 Å². The van der Waals surface area contributed by atoms with Crippen LogP contribution in [0.1, 0.15) is 6.42 Å². The van der Waals surface area contributed by atoms with Gasteiger partial charge in [0.25, 0.3) is 0 Å². The van der Waals surface area contributed by atoms with Gasteiger partial charge in [-0.3, -0.25) is 0 Å². The van der Waals surface area contributed by atoms with Crippen LogP contribution in [0.4, 0.5) is 5.69 Å². The standard InChI is InChI=1S/C12H15N3O/c13-5-7-16-12-3-1-2-10(8-12)15-11-4-6-14-9-11/h1-3,8,11,14-15H,4,6-7,9H2. The van der Waals surface area contributed by atoms with Crippen LogP contribution in [0.5, 0.6) is 5.75 Å². The summed E-state index contributed by atoms with van der Waals surface area (Å²) in [6.07, 6.45) is 1.14. The molecule has 0 amide bonds. The van der Waals surface area contributed by atoms with Crippen molar-refractivity contribution >= 4 is 5.69 Å². The Hall–Kier alpha value is -1.73. The molecule has 4 heteroatoms. The van der Waals surface area contributed by atoms with Crippen LogP contribution >= 0.6 is 0 Å². The number of nitrogens with one attached hydrogen (secondary N) is 2. The van der Waals surface area contributed by atoms with E-state index in [1.165, 1.54) is 0 Å². The number of hydrogen-bond donors (Lipinski definition) is 2. The number of nitrogens with zero attached hydrogens (tertiary/aromatic N) is 1. The van der Waals surface area contributed by atoms with Crippen molar-refractivity contribution in [2.45, 2.75) is 12.5 Å². The van der Waals surface area contributed by atoms with Crippen molar-refractivity contribution in [3.05, 3.63) is 24.3 Å². The highest BCUT2D eigenvalue weighted by molar-refractivity contribution is 5.49. The fourth-order valence-corrected chi connectivity index (χ4v) is 1.80. The third kappa shape index (κ3) is 2.88. The maximum Gasteiger partial charge on any atom is 0.174 e. The predicted octanol–water partition coefficient (Wildman–Crippen LogP) is 1.36. The topological polar surface area (TPSA) is 57.1 Å². The Morgan fingerprint density at radius 2 is 2.50 bits per heavy atom. The zero-order valence-electron chi connectivity index (χ0n) is 9.07. The van der Waals surface area contributed by atoms with E-state index in [-0.39, 0.29) is 6.61 Å². The maximum absolute atomic E-state index is 8.43. The van der Waals surface area contributed by atoms with Gasteiger partial charge in [0.1, 0.15) is 11.8 Å². The molecule has 16 heavy (non-hydrogen) atoms. The van der Waals surface area contributed by atoms with Crippen molar-refractivity contribution < 1.29 is 4.74 Å². The molecule has 1 aromatic carbocycles. The number of rotatable bonds is 4. The second-order valence-electron chi connectivity index (χ2n) is 3.81. The van der Waals surface area contributed by atoms with E-state index in [0.717, 1.165) is 30.9 Å². The normalized spacial score (nSPS) is 19.1. The molecule has 0 bridgehead atoms. The van der Waals surface area contributed by atoms with Crippen molar-refractivity contribution in [1.82, 2.24) is 5.32 Å². The molecule has 0 aliphatic carbocycles. The van der Waals surface area contributed by atoms with E-state index >= 15 is 0 Å². The lowest BCUT2D eigenvalue weighted by Crippen LogP contribution is -2.21. The molecule has 1 aliphatic rings. The molecule has 1 aliphatic heterocycles. The van der Waals surface area contributed by atoms with Gasteiger partial charge in [0.05, 0.1) is 0 Å². The van der Waals surface area contributed by atoms with Gasteiger partial charge in [-0.2, -0.15) is 5.26 Å². The lowest BCUT2D eigenvalue weighted by atomic mass is 10.2. The monoisotopic (exact) mass is 217 g/mol. The van der Waals surface area contributed by atoms with E-state index in [9.17, 15) is 0 Å². The molecule has 84 valence electrons. The Labute approximate surface area is 95.2 Å². The number of ether oxygens (including phenoxy) is 1. The summed E-state index contributed by atoms with van der Waals surface area (Å²) in [6, 6.07) is 10.2. The minimum absolute atomic E-state index is 0.0917. The second-order valence-corrected chi connectivity index (χ2v) is 3.81. The largest absolute Gasteiger partial charge is 0.479 e. The van der Waals surface area contributed by atoms with Crippen LogP contribution in [0.3, 0.4) is 0 Å². The zero-order chi connectivity index (χ0) is 11.2. The third-order valence-electron chi connectivity index (χ3n) is 2.57. The third-order valence-corrected chi connectivity index (χ3v) is 2.57. The Balaban J connectivity index is 1.95. The molecule has 1 aromatic rings. The van der Waals surface area contributed by atoms with Crippen molar-refractivity contribution in [2.75, 3.05) is 25.0 Å². The zero-order valence-corrected chi connectivity index (χ0v) is 9.07. The molecule has 1 unspecified atom stereocenters. The molecule has 0 aromatic heterocycles. The van der Waals surface area contributed by atoms with Gasteiger partial charge in [-0.25, -0.2) is 0 Å². The maximum atomic E-state index is 8.43. The fourth-order valence-electron chi connectivity index (χ4n) is 1.80. The SMILES string of the molecule is N#CCOc1cccc(NC2CCNC2)c1. The van der Waals surface area contributed by atoms with Gasteiger partial charge in [-0.1, -0.05) is 6.07 Å². The van der Waals surface area contributed by atoms with Crippen LogP contribution in [0.2, 0.25) is 0 Å². The smallest absolute Gasteiger partial charge is 0.174 e. The van der Waals surface area contributed by atoms with Crippen LogP contribution < -0.4 is 15.4 Å². The summed E-state index contributed by atoms with van der Waals surface area (Å²) < 4.78 is 5.24. The first-order valence-electron chi connectivity index (χ1n) is 5.45. The molecule has 1 atom stereocenters. The summed E-state index contributed by atoms with van der Waals surface area (Å²) in [6.45, 7) is 2.17. The Morgan fingerprint density at radius 1 is 1.56 bits per heavy atom. The molecular formula is C12H15N3O. The summed E-state index contributed by atoms with van der Waals surface area (Å²) in [4.78, 5) is 0. The second kappa shape index (κ2) is 5.38. The number of benzene rings is 1. The van der Waals surface area contributed by atoms with Gasteiger partial charge in [0.2, 0.25) is 0 Å². The lowest BCUT2D eigenvalue weighted by Gasteiger charge is -2.13. The fraction of sp³-hybridized carbons (Fsp3) is 0.417. The first-order valence-corrected chi connectivity index (χ1v) is 5.45. The summed E-state index contributed by atoms with van der Waals surface area (Å²) in [5.74, 6) is 0.734. The molecule has 0 radical (unpaired) electrons. The number of hydrogen-bond acceptors (Lipinski definition) is 4. The van der Waals surface area contributed by atoms with Crippen LogP contribution in [0.25, 0.3) is 0 Å². The van der Waals surface area contributed by atoms with Crippen molar-refractivity contribution in [2.24, 2.45) is 0 Å². The highest BCUT2D eigenvalue weighted by Crippen LogP contribution is 2.18. The lowest BCUT2D eigenvalue weighted by molar-refractivity contribution is 0.368. The van der Waals surface area contributed by atoms with E-state index < -0.39 is 0 Å². The van der Waals surface area contributed by atoms with Gasteiger partial charge in [-0.15, -0.1) is 0 Å². The van der Waals surface area contributed by atoms with Crippen molar-refractivity contribution in [3.63, 3.8) is 0 Å². The van der Waals surface area contributed by atoms with Crippen LogP contribution in [0.15, 0.2) is 24.3 Å². The Morgan fingerprint density at radius 3 is 3.25 bits per heavy atom. The highest BCUT2D eigenvalue weighted by Gasteiger charge is 2.13. The predicted molar refractivity (Wildman–Crippen MR) is 62.4 cm³/mol. The van der Waals surface area contributed by atoms with Gasteiger partial charge >= 0.3 is 0 Å². The van der Waals surface area contributed by atoms with E-state index in [4.69, 9.17) is 10.00 Å². The summed E-state index contributed by atoms with van der Waals surface area (Å²) in [5, 5.41) is 15.2. The first kappa shape index (κ1) is 10.8. The van der Waals surface area contributed by atoms with Gasteiger partial charge in [0.15, 0.2) is 6.61 Å². The van der Waals surface area contributed by atoms with Crippen molar-refractivity contribution in [3.8, 4) is 11.8 Å². The summed E-state index contributed by atoms with van der Waals surface area (Å²) in [7, 11) is 0. The molecule has 2 rings (SSSR count). The van der Waals surface area contributed by atoms with Crippen LogP contribution in [0, 0.1) is 11.3 Å². The molecule has 2 N–H and O–H groups in total. The van der Waals surface area contributed by atoms with E-state index in [0.29, 0.717) is 6.04 Å². The molecule has 1 fully saturated rings. The number of nitriles is 1. The molecule has 1 heterocycles. The minimum atomic E-state index is 0.0917. The molecule has 1 saturated heterocycles. The number of anilines is 1. The Bertz CT molecular complexity index is 380. The van der Waals surface area contributed by atoms with Gasteiger partial charge < -0.3 is 15.4 Å². The Kier molecular flexibility index (Phi) is 3.62. The molecule has 0 spiro atoms. The molecule has 0 saturated carbocycles. The average molecular weight is 217 g/mol. The molecule has 4 nitrogen and oxygen atoms in total. The quantitative estimate of drug-likeness (QED) is 0.799. The van der Waals surface area contributed by atoms with Crippen molar-refractivity contribution in [1.29, 1.82) is 5.26 Å².